The summed E-state index contributed by atoms with van der Waals surface area (Å²) in [6.07, 6.45) is -1.22. The van der Waals surface area contributed by atoms with Crippen LogP contribution < -0.4 is 0 Å². The number of hydrogen-bond acceptors (Lipinski definition) is 4. The molecule has 16 heavy (non-hydrogen) atoms. The van der Waals surface area contributed by atoms with Crippen LogP contribution in [0.3, 0.4) is 0 Å². The second-order valence-corrected chi connectivity index (χ2v) is 2.38. The van der Waals surface area contributed by atoms with Crippen molar-refractivity contribution in [2.24, 2.45) is 0 Å². The molecule has 0 spiro atoms. The van der Waals surface area contributed by atoms with Crippen LogP contribution in [-0.4, -0.2) is 24.7 Å². The molecule has 0 saturated heterocycles. The smallest absolute Gasteiger partial charge is 0.333 e. The van der Waals surface area contributed by atoms with Gasteiger partial charge in [-0.3, -0.25) is 0 Å². The van der Waals surface area contributed by atoms with Gasteiger partial charge in [-0.25, -0.2) is 9.59 Å². The van der Waals surface area contributed by atoms with E-state index in [9.17, 15) is 18.4 Å². The van der Waals surface area contributed by atoms with E-state index in [-0.39, 0.29) is 0 Å². The van der Waals surface area contributed by atoms with Crippen molar-refractivity contribution in [2.75, 3.05) is 0 Å². The summed E-state index contributed by atoms with van der Waals surface area (Å²) in [6.45, 7) is 6.06. The number of halogens is 2. The summed E-state index contributed by atoms with van der Waals surface area (Å²) in [7, 11) is 0. The SMILES string of the molecule is C=CC(F)OC(=O)C=CC(=O)OC(F)C=C. The largest absolute Gasteiger partial charge is 0.424 e. The monoisotopic (exact) mass is 232 g/mol. The standard InChI is InChI=1S/C10H10F2O4/c1-3-7(11)15-9(13)5-6-10(14)16-8(12)4-2/h3-8H,1-2H2. The predicted octanol–water partition coefficient (Wildman–Crippen LogP) is 1.59. The Morgan fingerprint density at radius 3 is 1.50 bits per heavy atom. The van der Waals surface area contributed by atoms with E-state index in [4.69, 9.17) is 0 Å². The first kappa shape index (κ1) is 14.0. The Hall–Kier alpha value is -1.98. The van der Waals surface area contributed by atoms with Crippen LogP contribution in [0.25, 0.3) is 0 Å². The molecule has 2 atom stereocenters. The van der Waals surface area contributed by atoms with E-state index < -0.39 is 24.7 Å². The molecule has 0 aromatic heterocycles. The fourth-order valence-electron chi connectivity index (χ4n) is 0.533. The summed E-state index contributed by atoms with van der Waals surface area (Å²) in [5, 5.41) is 0. The fraction of sp³-hybridized carbons (Fsp3) is 0.200. The zero-order valence-corrected chi connectivity index (χ0v) is 8.27. The van der Waals surface area contributed by atoms with Crippen LogP contribution in [0.1, 0.15) is 0 Å². The highest BCUT2D eigenvalue weighted by molar-refractivity contribution is 5.91. The number of alkyl halides is 2. The molecular formula is C10H10F2O4. The van der Waals surface area contributed by atoms with Crippen molar-refractivity contribution in [3.8, 4) is 0 Å². The molecule has 0 amide bonds. The van der Waals surface area contributed by atoms with Gasteiger partial charge >= 0.3 is 11.9 Å². The van der Waals surface area contributed by atoms with Gasteiger partial charge in [0.15, 0.2) is 0 Å². The Morgan fingerprint density at radius 1 is 0.938 bits per heavy atom. The molecule has 6 heteroatoms. The highest BCUT2D eigenvalue weighted by Crippen LogP contribution is 1.98. The normalized spacial score (nSPS) is 13.9. The fourth-order valence-corrected chi connectivity index (χ4v) is 0.533. The maximum atomic E-state index is 12.4. The number of esters is 2. The van der Waals surface area contributed by atoms with Crippen LogP contribution in [-0.2, 0) is 19.1 Å². The molecule has 0 aromatic carbocycles. The minimum atomic E-state index is -1.96. The lowest BCUT2D eigenvalue weighted by molar-refractivity contribution is -0.150. The molecule has 0 aliphatic carbocycles. The summed E-state index contributed by atoms with van der Waals surface area (Å²) in [5.41, 5.74) is 0. The minimum absolute atomic E-state index is 0.605. The van der Waals surface area contributed by atoms with Crippen molar-refractivity contribution in [3.05, 3.63) is 37.5 Å². The number of hydrogen-bond donors (Lipinski definition) is 0. The summed E-state index contributed by atoms with van der Waals surface area (Å²) >= 11 is 0. The van der Waals surface area contributed by atoms with Gasteiger partial charge in [0.05, 0.1) is 0 Å². The lowest BCUT2D eigenvalue weighted by Crippen LogP contribution is -2.11. The van der Waals surface area contributed by atoms with Crippen molar-refractivity contribution < 1.29 is 27.8 Å². The van der Waals surface area contributed by atoms with Gasteiger partial charge in [-0.15, -0.1) is 0 Å². The first-order chi connectivity index (χ1) is 7.49. The first-order valence-corrected chi connectivity index (χ1v) is 4.12. The lowest BCUT2D eigenvalue weighted by atomic mass is 10.5. The van der Waals surface area contributed by atoms with Gasteiger partial charge in [0.1, 0.15) is 0 Å². The lowest BCUT2D eigenvalue weighted by Gasteiger charge is -2.03. The van der Waals surface area contributed by atoms with E-state index in [1.165, 1.54) is 0 Å². The molecule has 0 N–H and O–H groups in total. The molecule has 0 rings (SSSR count). The molecular weight excluding hydrogens is 222 g/mol. The molecule has 0 radical (unpaired) electrons. The molecule has 0 aromatic rings. The summed E-state index contributed by atoms with van der Waals surface area (Å²) in [4.78, 5) is 21.5. The Morgan fingerprint density at radius 2 is 1.25 bits per heavy atom. The Bertz CT molecular complexity index is 282. The maximum Gasteiger partial charge on any atom is 0.333 e. The van der Waals surface area contributed by atoms with Crippen molar-refractivity contribution in [1.82, 2.24) is 0 Å². The van der Waals surface area contributed by atoms with E-state index in [0.29, 0.717) is 12.2 Å². The van der Waals surface area contributed by atoms with Crippen molar-refractivity contribution in [3.63, 3.8) is 0 Å². The van der Waals surface area contributed by atoms with Gasteiger partial charge in [-0.2, -0.15) is 8.78 Å². The number of carbonyl (C=O) groups is 2. The average Bonchev–Trinajstić information content (AvgIpc) is 2.26. The van der Waals surface area contributed by atoms with Crippen LogP contribution >= 0.6 is 0 Å². The third-order valence-electron chi connectivity index (χ3n) is 1.18. The molecule has 0 fully saturated rings. The van der Waals surface area contributed by atoms with Crippen LogP contribution in [0, 0.1) is 0 Å². The average molecular weight is 232 g/mol. The van der Waals surface area contributed by atoms with E-state index in [1.54, 1.807) is 0 Å². The van der Waals surface area contributed by atoms with Gasteiger partial charge in [0.25, 0.3) is 12.7 Å². The van der Waals surface area contributed by atoms with Gasteiger partial charge in [-0.1, -0.05) is 13.2 Å². The molecule has 88 valence electrons. The highest BCUT2D eigenvalue weighted by atomic mass is 19.1. The van der Waals surface area contributed by atoms with E-state index in [0.717, 1.165) is 12.2 Å². The maximum absolute atomic E-state index is 12.4. The summed E-state index contributed by atoms with van der Waals surface area (Å²) < 4.78 is 32.9. The first-order valence-electron chi connectivity index (χ1n) is 4.12. The van der Waals surface area contributed by atoms with Crippen molar-refractivity contribution in [2.45, 2.75) is 12.7 Å². The molecule has 0 heterocycles. The topological polar surface area (TPSA) is 52.6 Å². The van der Waals surface area contributed by atoms with Crippen molar-refractivity contribution >= 4 is 11.9 Å². The van der Waals surface area contributed by atoms with Crippen LogP contribution in [0.4, 0.5) is 8.78 Å². The number of rotatable bonds is 6. The zero-order chi connectivity index (χ0) is 12.6. The second kappa shape index (κ2) is 7.33. The van der Waals surface area contributed by atoms with Gasteiger partial charge < -0.3 is 9.47 Å². The molecule has 0 aliphatic rings. The molecule has 0 aliphatic heterocycles. The third kappa shape index (κ3) is 6.47. The quantitative estimate of drug-likeness (QED) is 0.396. The number of carbonyl (C=O) groups excluding carboxylic acids is 2. The second-order valence-electron chi connectivity index (χ2n) is 2.38. The molecule has 0 bridgehead atoms. The predicted molar refractivity (Wildman–Crippen MR) is 51.5 cm³/mol. The van der Waals surface area contributed by atoms with Crippen LogP contribution in [0.5, 0.6) is 0 Å². The van der Waals surface area contributed by atoms with E-state index in [2.05, 4.69) is 22.6 Å². The highest BCUT2D eigenvalue weighted by Gasteiger charge is 2.08. The van der Waals surface area contributed by atoms with Crippen molar-refractivity contribution in [1.29, 1.82) is 0 Å². The van der Waals surface area contributed by atoms with Gasteiger partial charge in [0.2, 0.25) is 0 Å². The Balaban J connectivity index is 4.07. The van der Waals surface area contributed by atoms with Gasteiger partial charge in [-0.05, 0) is 12.2 Å². The van der Waals surface area contributed by atoms with E-state index in [1.807, 2.05) is 0 Å². The van der Waals surface area contributed by atoms with Crippen LogP contribution in [0.15, 0.2) is 37.5 Å². The Labute approximate surface area is 90.8 Å². The summed E-state index contributed by atoms with van der Waals surface area (Å²) in [6, 6.07) is 0. The summed E-state index contributed by atoms with van der Waals surface area (Å²) in [5.74, 6) is -2.23. The molecule has 0 saturated carbocycles. The molecule has 2 unspecified atom stereocenters. The third-order valence-corrected chi connectivity index (χ3v) is 1.18. The van der Waals surface area contributed by atoms with Gasteiger partial charge in [0, 0.05) is 12.2 Å². The zero-order valence-electron chi connectivity index (χ0n) is 8.27. The van der Waals surface area contributed by atoms with E-state index >= 15 is 0 Å². The number of ether oxygens (including phenoxy) is 2. The Kier molecular flexibility index (Phi) is 6.42. The minimum Gasteiger partial charge on any atom is -0.424 e. The molecule has 4 nitrogen and oxygen atoms in total. The van der Waals surface area contributed by atoms with Crippen LogP contribution in [0.2, 0.25) is 0 Å².